The molecular weight excluding hydrogens is 442 g/mol. The third-order valence-electron chi connectivity index (χ3n) is 2.52. The summed E-state index contributed by atoms with van der Waals surface area (Å²) in [6, 6.07) is -1.07. The van der Waals surface area contributed by atoms with Gasteiger partial charge in [-0.15, -0.1) is 0 Å². The summed E-state index contributed by atoms with van der Waals surface area (Å²) >= 11 is 0. The van der Waals surface area contributed by atoms with Crippen molar-refractivity contribution in [3.8, 4) is 0 Å². The molecule has 0 aromatic heterocycles. The Balaban J connectivity index is -0.000000114. The van der Waals surface area contributed by atoms with Crippen molar-refractivity contribution >= 4 is 29.8 Å². The van der Waals surface area contributed by atoms with E-state index in [1.807, 2.05) is 0 Å². The summed E-state index contributed by atoms with van der Waals surface area (Å²) in [6.07, 6.45) is -1.66. The third-order valence-corrected chi connectivity index (χ3v) is 2.52. The van der Waals surface area contributed by atoms with Gasteiger partial charge in [-0.2, -0.15) is 0 Å². The first-order valence-electron chi connectivity index (χ1n) is 6.68. The van der Waals surface area contributed by atoms with E-state index in [4.69, 9.17) is 37.6 Å². The van der Waals surface area contributed by atoms with Gasteiger partial charge in [0.25, 0.3) is 0 Å². The summed E-state index contributed by atoms with van der Waals surface area (Å²) in [5.41, 5.74) is 14.3. The van der Waals surface area contributed by atoms with Gasteiger partial charge in [-0.3, -0.25) is 14.6 Å². The van der Waals surface area contributed by atoms with Gasteiger partial charge < -0.3 is 52.7 Å². The Labute approximate surface area is 171 Å². The summed E-state index contributed by atoms with van der Waals surface area (Å²) < 4.78 is 0. The minimum absolute atomic E-state index is 0. The second kappa shape index (κ2) is 18.0. The minimum Gasteiger partial charge on any atom is -0.550 e. The van der Waals surface area contributed by atoms with Gasteiger partial charge in [0.1, 0.15) is 6.04 Å². The quantitative estimate of drug-likeness (QED) is 0.0577. The molecule has 0 amide bonds. The summed E-state index contributed by atoms with van der Waals surface area (Å²) in [6.45, 7) is 0.380. The van der Waals surface area contributed by atoms with Gasteiger partial charge >= 0.3 is 17.9 Å². The van der Waals surface area contributed by atoms with Crippen LogP contribution in [0.1, 0.15) is 25.7 Å². The van der Waals surface area contributed by atoms with Crippen molar-refractivity contribution in [2.24, 2.45) is 16.5 Å². The molecule has 0 spiro atoms. The third kappa shape index (κ3) is 19.9. The van der Waals surface area contributed by atoms with Crippen molar-refractivity contribution in [1.29, 1.82) is 0 Å². The molecule has 0 heterocycles. The summed E-state index contributed by atoms with van der Waals surface area (Å²) in [5.74, 6) is -6.46. The van der Waals surface area contributed by atoms with Crippen LogP contribution >= 0.6 is 0 Å². The van der Waals surface area contributed by atoms with Gasteiger partial charge in [0.15, 0.2) is 11.6 Å². The molecule has 0 rings (SSSR count). The van der Waals surface area contributed by atoms with Gasteiger partial charge in [0.05, 0.1) is 6.42 Å². The number of carboxylic acid groups (broad SMARTS) is 4. The van der Waals surface area contributed by atoms with Gasteiger partial charge in [-0.05, 0) is 12.8 Å². The number of carboxylic acids is 4. The zero-order valence-corrected chi connectivity index (χ0v) is 17.9. The molecule has 2 unspecified atom stereocenters. The Morgan fingerprint density at radius 1 is 1.07 bits per heavy atom. The Morgan fingerprint density at radius 2 is 1.54 bits per heavy atom. The van der Waals surface area contributed by atoms with Crippen LogP contribution in [0.3, 0.4) is 0 Å². The van der Waals surface area contributed by atoms with Crippen LogP contribution in [0.4, 0.5) is 0 Å². The number of guanidine groups is 1. The largest absolute Gasteiger partial charge is 0.550 e. The van der Waals surface area contributed by atoms with Crippen molar-refractivity contribution in [2.75, 3.05) is 6.54 Å². The van der Waals surface area contributed by atoms with Crippen molar-refractivity contribution in [1.82, 2.24) is 5.73 Å². The molecule has 0 fully saturated rings. The van der Waals surface area contributed by atoms with Crippen LogP contribution in [0, 0.1) is 0 Å². The van der Waals surface area contributed by atoms with Crippen molar-refractivity contribution in [3.63, 3.8) is 0 Å². The van der Waals surface area contributed by atoms with Crippen LogP contribution in [0.5, 0.6) is 0 Å². The van der Waals surface area contributed by atoms with Gasteiger partial charge in [-0.25, -0.2) is 10.5 Å². The molecule has 1 radical (unpaired) electrons. The van der Waals surface area contributed by atoms with Crippen LogP contribution in [0.2, 0.25) is 0 Å². The van der Waals surface area contributed by atoms with Crippen molar-refractivity contribution in [2.45, 2.75) is 37.3 Å². The number of nitrogens with one attached hydrogen (secondary N) is 1. The molecule has 28 heavy (non-hydrogen) atoms. The van der Waals surface area contributed by atoms with Crippen molar-refractivity contribution in [3.05, 3.63) is 0 Å². The number of hydrogen-bond donors (Lipinski definition) is 6. The summed E-state index contributed by atoms with van der Waals surface area (Å²) in [7, 11) is 0. The maximum atomic E-state index is 10.3. The molecule has 0 aromatic carbocycles. The van der Waals surface area contributed by atoms with E-state index >= 15 is 0 Å². The normalized spacial score (nSPS) is 11.9. The fourth-order valence-electron chi connectivity index (χ4n) is 1.33. The minimum atomic E-state index is -2.80. The maximum absolute atomic E-state index is 10.3. The van der Waals surface area contributed by atoms with E-state index in [0.29, 0.717) is 13.0 Å². The SMILES string of the molecule is O=C([O-])CC(O)(CC(=O)O)C(=O)O.[NH]C(CCCN=C(N)N)C(=O)O.[OH3+].[OH3+].[Zn]. The van der Waals surface area contributed by atoms with E-state index < -0.39 is 48.4 Å². The molecule has 0 saturated heterocycles. The predicted octanol–water partition coefficient (Wildman–Crippen LogP) is -5.65. The second-order valence-corrected chi connectivity index (χ2v) is 4.80. The Bertz CT molecular complexity index is 510. The number of carbonyl (C=O) groups is 4. The number of aliphatic carboxylic acids is 4. The van der Waals surface area contributed by atoms with E-state index in [0.717, 1.165) is 0 Å². The second-order valence-electron chi connectivity index (χ2n) is 4.80. The van der Waals surface area contributed by atoms with E-state index in [1.165, 1.54) is 0 Å². The molecule has 0 aliphatic carbocycles. The molecule has 0 aromatic rings. The first-order valence-corrected chi connectivity index (χ1v) is 6.68. The fourth-order valence-corrected chi connectivity index (χ4v) is 1.33. The van der Waals surface area contributed by atoms with Crippen LogP contribution in [-0.2, 0) is 49.6 Å². The molecular formula is C12H26N4O11Zn+. The summed E-state index contributed by atoms with van der Waals surface area (Å²) in [5, 5.41) is 43.8. The molecule has 2 atom stereocenters. The number of hydrogen-bond acceptors (Lipinski definition) is 7. The van der Waals surface area contributed by atoms with Crippen LogP contribution in [-0.4, -0.2) is 68.5 Å². The van der Waals surface area contributed by atoms with E-state index in [-0.39, 0.29) is 42.8 Å². The number of aliphatic imine (C=N–C) groups is 1. The number of nitrogens with two attached hydrogens (primary N) is 2. The molecule has 15 N–H and O–H groups in total. The maximum Gasteiger partial charge on any atom is 0.336 e. The summed E-state index contributed by atoms with van der Waals surface area (Å²) in [4.78, 5) is 44.1. The van der Waals surface area contributed by atoms with E-state index in [9.17, 15) is 24.3 Å². The van der Waals surface area contributed by atoms with Crippen molar-refractivity contribution < 1.29 is 75.1 Å². The molecule has 0 bridgehead atoms. The standard InChI is InChI=1S/C6H13N4O2.C6H8O7.2H2O.Zn/c7-4(5(11)12)2-1-3-10-6(8)9;7-3(8)1-6(13,5(11)12)2-4(9)10;;;/h4,7H,1-3H2,(H,11,12)(H4,8,9,10);13H,1-2H2,(H,7,8)(H,9,10)(H,11,12);2*1H2;/p+1. The van der Waals surface area contributed by atoms with Crippen LogP contribution in [0.15, 0.2) is 4.99 Å². The van der Waals surface area contributed by atoms with Gasteiger partial charge in [0.2, 0.25) is 0 Å². The first kappa shape index (κ1) is 36.5. The fraction of sp³-hybridized carbons (Fsp3) is 0.583. The zero-order chi connectivity index (χ0) is 20.2. The number of rotatable bonds is 10. The molecule has 161 valence electrons. The number of nitrogens with zero attached hydrogens (tertiary/aromatic N) is 1. The smallest absolute Gasteiger partial charge is 0.336 e. The molecule has 15 nitrogen and oxygen atoms in total. The monoisotopic (exact) mass is 466 g/mol. The van der Waals surface area contributed by atoms with Gasteiger partial charge in [0, 0.05) is 38.4 Å². The zero-order valence-electron chi connectivity index (χ0n) is 14.9. The van der Waals surface area contributed by atoms with E-state index in [1.54, 1.807) is 0 Å². The Kier molecular flexibility index (Phi) is 23.5. The molecule has 16 heteroatoms. The number of carbonyl (C=O) groups excluding carboxylic acids is 1. The Hall–Kier alpha value is -2.39. The molecule has 0 aliphatic heterocycles. The van der Waals surface area contributed by atoms with E-state index in [2.05, 4.69) is 4.99 Å². The predicted molar refractivity (Wildman–Crippen MR) is 88.6 cm³/mol. The number of aliphatic hydroxyl groups is 1. The average Bonchev–Trinajstić information content (AvgIpc) is 2.41. The van der Waals surface area contributed by atoms with Gasteiger partial charge in [-0.1, -0.05) is 0 Å². The average molecular weight is 468 g/mol. The molecule has 0 saturated carbocycles. The van der Waals surface area contributed by atoms with Crippen LogP contribution < -0.4 is 22.3 Å². The topological polar surface area (TPSA) is 326 Å². The molecule has 0 aliphatic rings. The van der Waals surface area contributed by atoms with Crippen LogP contribution in [0.25, 0.3) is 0 Å². The Morgan fingerprint density at radius 3 is 1.82 bits per heavy atom. The first-order chi connectivity index (χ1) is 11.3.